The van der Waals surface area contributed by atoms with Gasteiger partial charge in [-0.25, -0.2) is 9.78 Å². The molecule has 3 aromatic rings. The van der Waals surface area contributed by atoms with Gasteiger partial charge in [0.2, 0.25) is 0 Å². The highest BCUT2D eigenvalue weighted by atomic mass is 32.2. The van der Waals surface area contributed by atoms with Crippen LogP contribution in [0.2, 0.25) is 0 Å². The van der Waals surface area contributed by atoms with Crippen LogP contribution in [-0.2, 0) is 4.84 Å². The van der Waals surface area contributed by atoms with Gasteiger partial charge in [-0.15, -0.1) is 0 Å². The number of imidazole rings is 1. The van der Waals surface area contributed by atoms with Crippen LogP contribution in [0.4, 0.5) is 0 Å². The van der Waals surface area contributed by atoms with Crippen molar-refractivity contribution < 1.29 is 19.2 Å². The number of amides is 2. The molecule has 2 amide bonds. The Morgan fingerprint density at radius 2 is 1.74 bits per heavy atom. The van der Waals surface area contributed by atoms with Crippen molar-refractivity contribution in [3.8, 4) is 5.69 Å². The van der Waals surface area contributed by atoms with E-state index in [1.165, 1.54) is 23.9 Å². The second kappa shape index (κ2) is 6.73. The molecule has 0 saturated carbocycles. The van der Waals surface area contributed by atoms with Crippen LogP contribution in [0.3, 0.4) is 0 Å². The highest BCUT2D eigenvalue weighted by Gasteiger charge is 2.38. The highest BCUT2D eigenvalue weighted by molar-refractivity contribution is 7.98. The van der Waals surface area contributed by atoms with Crippen LogP contribution < -0.4 is 0 Å². The number of hydrogen-bond donors (Lipinski definition) is 0. The molecule has 4 rings (SSSR count). The van der Waals surface area contributed by atoms with E-state index in [1.807, 2.05) is 16.9 Å². The Morgan fingerprint density at radius 1 is 1.04 bits per heavy atom. The molecule has 0 aliphatic carbocycles. The number of hydroxylamine groups is 2. The predicted octanol–water partition coefficient (Wildman–Crippen LogP) is 2.96. The number of carbonyl (C=O) groups is 3. The lowest BCUT2D eigenvalue weighted by atomic mass is 10.1. The quantitative estimate of drug-likeness (QED) is 0.512. The van der Waals surface area contributed by atoms with Gasteiger partial charge in [-0.05, 0) is 36.6 Å². The Balaban J connectivity index is 1.59. The van der Waals surface area contributed by atoms with Crippen molar-refractivity contribution in [3.63, 3.8) is 0 Å². The van der Waals surface area contributed by atoms with Gasteiger partial charge in [0, 0.05) is 18.1 Å². The number of fused-ring (bicyclic) bond motifs is 1. The van der Waals surface area contributed by atoms with Crippen LogP contribution in [0.15, 0.2) is 66.1 Å². The number of hydrogen-bond acceptors (Lipinski definition) is 6. The zero-order valence-electron chi connectivity index (χ0n) is 14.2. The van der Waals surface area contributed by atoms with E-state index >= 15 is 0 Å². The molecular formula is C19H13N3O4S. The van der Waals surface area contributed by atoms with E-state index in [0.717, 1.165) is 5.16 Å². The fraction of sp³-hybridized carbons (Fsp3) is 0.0526. The number of benzene rings is 2. The molecule has 1 aromatic heterocycles. The maximum atomic E-state index is 12.5. The molecule has 134 valence electrons. The first-order valence-electron chi connectivity index (χ1n) is 7.98. The van der Waals surface area contributed by atoms with Crippen LogP contribution in [0, 0.1) is 0 Å². The van der Waals surface area contributed by atoms with E-state index in [0.29, 0.717) is 10.8 Å². The topological polar surface area (TPSA) is 81.5 Å². The Hall–Kier alpha value is -3.39. The normalized spacial score (nSPS) is 13.0. The Labute approximate surface area is 158 Å². The lowest BCUT2D eigenvalue weighted by molar-refractivity contribution is -0.0584. The van der Waals surface area contributed by atoms with Crippen LogP contribution >= 0.6 is 11.8 Å². The minimum Gasteiger partial charge on any atom is -0.324 e. The van der Waals surface area contributed by atoms with Gasteiger partial charge in [-0.1, -0.05) is 35.0 Å². The minimum absolute atomic E-state index is 0.213. The number of rotatable bonds is 4. The van der Waals surface area contributed by atoms with Gasteiger partial charge in [0.15, 0.2) is 5.16 Å². The molecule has 0 atom stereocenters. The summed E-state index contributed by atoms with van der Waals surface area (Å²) in [5, 5.41) is 1.27. The Kier molecular flexibility index (Phi) is 4.25. The highest BCUT2D eigenvalue weighted by Crippen LogP contribution is 2.24. The maximum Gasteiger partial charge on any atom is 0.364 e. The van der Waals surface area contributed by atoms with Crippen molar-refractivity contribution in [3.05, 3.63) is 77.6 Å². The minimum atomic E-state index is -0.794. The second-order valence-corrected chi connectivity index (χ2v) is 6.44. The Morgan fingerprint density at radius 3 is 2.41 bits per heavy atom. The SMILES string of the molecule is CSc1nccn1-c1cccc(C(=O)ON2C(=O)c3ccccc3C2=O)c1. The van der Waals surface area contributed by atoms with Gasteiger partial charge >= 0.3 is 5.97 Å². The van der Waals surface area contributed by atoms with Gasteiger partial charge in [-0.3, -0.25) is 14.2 Å². The third-order valence-corrected chi connectivity index (χ3v) is 4.75. The lowest BCUT2D eigenvalue weighted by Crippen LogP contribution is -2.32. The van der Waals surface area contributed by atoms with Gasteiger partial charge in [-0.2, -0.15) is 0 Å². The van der Waals surface area contributed by atoms with E-state index in [2.05, 4.69) is 4.98 Å². The molecule has 27 heavy (non-hydrogen) atoms. The number of nitrogens with zero attached hydrogens (tertiary/aromatic N) is 3. The van der Waals surface area contributed by atoms with Crippen molar-refractivity contribution in [1.82, 2.24) is 14.6 Å². The van der Waals surface area contributed by atoms with E-state index in [-0.39, 0.29) is 16.7 Å². The standard InChI is InChI=1S/C19H13N3O4S/c1-27-19-20-9-10-21(19)13-6-4-5-12(11-13)18(25)26-22-16(23)14-7-2-3-8-15(14)17(22)24/h2-11H,1H3. The van der Waals surface area contributed by atoms with Crippen molar-refractivity contribution in [1.29, 1.82) is 0 Å². The molecule has 0 fully saturated rings. The summed E-state index contributed by atoms with van der Waals surface area (Å²) in [6.45, 7) is 0. The van der Waals surface area contributed by atoms with Gasteiger partial charge in [0.25, 0.3) is 11.8 Å². The van der Waals surface area contributed by atoms with Crippen LogP contribution in [0.1, 0.15) is 31.1 Å². The average Bonchev–Trinajstić information content (AvgIpc) is 3.27. The summed E-state index contributed by atoms with van der Waals surface area (Å²) in [4.78, 5) is 46.5. The molecule has 2 aromatic carbocycles. The summed E-state index contributed by atoms with van der Waals surface area (Å²) in [7, 11) is 0. The van der Waals surface area contributed by atoms with E-state index < -0.39 is 17.8 Å². The first-order valence-corrected chi connectivity index (χ1v) is 9.20. The molecule has 0 N–H and O–H groups in total. The molecule has 0 bridgehead atoms. The molecule has 0 radical (unpaired) electrons. The van der Waals surface area contributed by atoms with Gasteiger partial charge in [0.1, 0.15) is 0 Å². The van der Waals surface area contributed by atoms with Crippen molar-refractivity contribution in [2.24, 2.45) is 0 Å². The average molecular weight is 379 g/mol. The van der Waals surface area contributed by atoms with E-state index in [1.54, 1.807) is 42.7 Å². The third-order valence-electron chi connectivity index (χ3n) is 4.08. The Bertz CT molecular complexity index is 1040. The van der Waals surface area contributed by atoms with Crippen LogP contribution in [0.5, 0.6) is 0 Å². The smallest absolute Gasteiger partial charge is 0.324 e. The molecule has 8 heteroatoms. The molecule has 7 nitrogen and oxygen atoms in total. The zero-order chi connectivity index (χ0) is 19.0. The fourth-order valence-electron chi connectivity index (χ4n) is 2.81. The molecule has 0 saturated heterocycles. The summed E-state index contributed by atoms with van der Waals surface area (Å²) in [5.41, 5.74) is 1.36. The summed E-state index contributed by atoms with van der Waals surface area (Å²) in [6, 6.07) is 13.0. The summed E-state index contributed by atoms with van der Waals surface area (Å²) >= 11 is 1.47. The van der Waals surface area contributed by atoms with Gasteiger partial charge < -0.3 is 4.84 Å². The van der Waals surface area contributed by atoms with Crippen molar-refractivity contribution in [2.45, 2.75) is 5.16 Å². The zero-order valence-corrected chi connectivity index (χ0v) is 15.0. The first kappa shape index (κ1) is 17.0. The molecule has 0 spiro atoms. The van der Waals surface area contributed by atoms with E-state index in [9.17, 15) is 14.4 Å². The largest absolute Gasteiger partial charge is 0.364 e. The van der Waals surface area contributed by atoms with Gasteiger partial charge in [0.05, 0.1) is 16.7 Å². The van der Waals surface area contributed by atoms with Crippen molar-refractivity contribution >= 4 is 29.5 Å². The number of thioether (sulfide) groups is 1. The summed E-state index contributed by atoms with van der Waals surface area (Å²) < 4.78 is 1.82. The molecule has 2 heterocycles. The van der Waals surface area contributed by atoms with E-state index in [4.69, 9.17) is 4.84 Å². The predicted molar refractivity (Wildman–Crippen MR) is 97.7 cm³/mol. The summed E-state index contributed by atoms with van der Waals surface area (Å²) in [6.07, 6.45) is 5.34. The fourth-order valence-corrected chi connectivity index (χ4v) is 3.33. The summed E-state index contributed by atoms with van der Waals surface area (Å²) in [5.74, 6) is -2.10. The van der Waals surface area contributed by atoms with Crippen LogP contribution in [-0.4, -0.2) is 38.7 Å². The molecular weight excluding hydrogens is 366 g/mol. The van der Waals surface area contributed by atoms with Crippen LogP contribution in [0.25, 0.3) is 5.69 Å². The second-order valence-electron chi connectivity index (χ2n) is 5.66. The molecule has 0 unspecified atom stereocenters. The van der Waals surface area contributed by atoms with Crippen molar-refractivity contribution in [2.75, 3.05) is 6.26 Å². The molecule has 1 aliphatic rings. The number of carbonyl (C=O) groups excluding carboxylic acids is 3. The number of aromatic nitrogens is 2. The first-order chi connectivity index (χ1) is 13.1. The molecule has 1 aliphatic heterocycles. The maximum absolute atomic E-state index is 12.5. The third kappa shape index (κ3) is 2.89. The number of imide groups is 1. The lowest BCUT2D eigenvalue weighted by Gasteiger charge is -2.13. The monoisotopic (exact) mass is 379 g/mol.